The van der Waals surface area contributed by atoms with Gasteiger partial charge >= 0.3 is 0 Å². The molecule has 5 rings (SSSR count). The van der Waals surface area contributed by atoms with Crippen LogP contribution >= 0.6 is 0 Å². The molecule has 1 N–H and O–H groups in total. The number of para-hydroxylation sites is 2. The zero-order chi connectivity index (χ0) is 19.8. The molecule has 3 heterocycles. The third kappa shape index (κ3) is 2.97. The van der Waals surface area contributed by atoms with E-state index in [1.54, 1.807) is 12.3 Å². The second kappa shape index (κ2) is 7.13. The standard InChI is InChI=1S/C23H21N3O3/c1-2-28-21-12-7-9-16-19-14-18(15-8-3-4-11-20(15)27)25-26(19)23(29-22(16)21)17-10-5-6-13-24-17/h3-13,19,23,27H,2,14H2,1H3/t19-,23-/m0/s1. The summed E-state index contributed by atoms with van der Waals surface area (Å²) in [6, 6.07) is 19.0. The van der Waals surface area contributed by atoms with Crippen molar-refractivity contribution in [1.82, 2.24) is 9.99 Å². The summed E-state index contributed by atoms with van der Waals surface area (Å²) in [5.74, 6) is 1.69. The highest BCUT2D eigenvalue weighted by atomic mass is 16.5. The second-order valence-corrected chi connectivity index (χ2v) is 7.00. The topological polar surface area (TPSA) is 67.2 Å². The molecule has 6 nitrogen and oxygen atoms in total. The summed E-state index contributed by atoms with van der Waals surface area (Å²) in [5, 5.41) is 17.1. The molecule has 146 valence electrons. The highest BCUT2D eigenvalue weighted by Gasteiger charge is 2.42. The number of phenolic OH excluding ortho intramolecular Hbond substituents is 1. The van der Waals surface area contributed by atoms with E-state index >= 15 is 0 Å². The number of hydrogen-bond acceptors (Lipinski definition) is 6. The van der Waals surface area contributed by atoms with Crippen molar-refractivity contribution < 1.29 is 14.6 Å². The van der Waals surface area contributed by atoms with E-state index in [9.17, 15) is 5.11 Å². The van der Waals surface area contributed by atoms with Crippen LogP contribution in [0.2, 0.25) is 0 Å². The lowest BCUT2D eigenvalue weighted by Crippen LogP contribution is -2.34. The minimum absolute atomic E-state index is 0.0271. The van der Waals surface area contributed by atoms with Crippen molar-refractivity contribution in [2.45, 2.75) is 25.6 Å². The summed E-state index contributed by atoms with van der Waals surface area (Å²) in [4.78, 5) is 4.50. The van der Waals surface area contributed by atoms with Crippen molar-refractivity contribution in [3.8, 4) is 17.2 Å². The first kappa shape index (κ1) is 17.6. The number of pyridine rings is 1. The van der Waals surface area contributed by atoms with Gasteiger partial charge in [-0.2, -0.15) is 5.10 Å². The molecule has 0 saturated heterocycles. The van der Waals surface area contributed by atoms with Crippen LogP contribution in [-0.4, -0.2) is 27.4 Å². The Kier molecular flexibility index (Phi) is 4.31. The number of rotatable bonds is 4. The second-order valence-electron chi connectivity index (χ2n) is 7.00. The van der Waals surface area contributed by atoms with Gasteiger partial charge in [-0.25, -0.2) is 5.01 Å². The Morgan fingerprint density at radius 1 is 1.10 bits per heavy atom. The number of benzene rings is 2. The maximum Gasteiger partial charge on any atom is 0.230 e. The summed E-state index contributed by atoms with van der Waals surface area (Å²) in [6.45, 7) is 2.52. The monoisotopic (exact) mass is 387 g/mol. The maximum atomic E-state index is 10.3. The van der Waals surface area contributed by atoms with E-state index in [2.05, 4.69) is 4.98 Å². The van der Waals surface area contributed by atoms with Crippen molar-refractivity contribution in [3.05, 3.63) is 83.7 Å². The van der Waals surface area contributed by atoms with E-state index in [0.717, 1.165) is 34.0 Å². The molecular weight excluding hydrogens is 366 g/mol. The number of ether oxygens (including phenoxy) is 2. The van der Waals surface area contributed by atoms with E-state index < -0.39 is 6.23 Å². The molecule has 0 bridgehead atoms. The number of hydrazone groups is 1. The molecule has 29 heavy (non-hydrogen) atoms. The Hall–Kier alpha value is -3.54. The SMILES string of the molecule is CCOc1cccc2c1O[C@@H](c1ccccn1)N1N=C(c3ccccc3O)C[C@@H]21. The molecular formula is C23H21N3O3. The van der Waals surface area contributed by atoms with Crippen molar-refractivity contribution in [2.75, 3.05) is 6.61 Å². The summed E-state index contributed by atoms with van der Waals surface area (Å²) >= 11 is 0. The highest BCUT2D eigenvalue weighted by molar-refractivity contribution is 6.04. The molecule has 2 aromatic carbocycles. The van der Waals surface area contributed by atoms with Gasteiger partial charge in [0.2, 0.25) is 6.23 Å². The molecule has 0 saturated carbocycles. The van der Waals surface area contributed by atoms with E-state index in [1.165, 1.54) is 0 Å². The number of aromatic hydroxyl groups is 1. The highest BCUT2D eigenvalue weighted by Crippen LogP contribution is 2.50. The zero-order valence-electron chi connectivity index (χ0n) is 16.0. The quantitative estimate of drug-likeness (QED) is 0.717. The van der Waals surface area contributed by atoms with Crippen molar-refractivity contribution in [3.63, 3.8) is 0 Å². The van der Waals surface area contributed by atoms with Crippen LogP contribution in [0.15, 0.2) is 72.0 Å². The van der Waals surface area contributed by atoms with Crippen molar-refractivity contribution in [2.24, 2.45) is 5.10 Å². The van der Waals surface area contributed by atoms with Crippen LogP contribution in [0.3, 0.4) is 0 Å². The number of fused-ring (bicyclic) bond motifs is 3. The Morgan fingerprint density at radius 2 is 1.97 bits per heavy atom. The van der Waals surface area contributed by atoms with E-state index in [1.807, 2.05) is 66.5 Å². The molecule has 2 aliphatic rings. The van der Waals surface area contributed by atoms with Gasteiger partial charge in [0.05, 0.1) is 18.4 Å². The molecule has 0 unspecified atom stereocenters. The summed E-state index contributed by atoms with van der Waals surface area (Å²) in [6.07, 6.45) is 1.94. The summed E-state index contributed by atoms with van der Waals surface area (Å²) in [7, 11) is 0. The Balaban J connectivity index is 1.63. The van der Waals surface area contributed by atoms with Gasteiger partial charge in [-0.3, -0.25) is 4.98 Å². The van der Waals surface area contributed by atoms with E-state index in [4.69, 9.17) is 14.6 Å². The summed E-state index contributed by atoms with van der Waals surface area (Å²) in [5.41, 5.74) is 3.37. The smallest absolute Gasteiger partial charge is 0.230 e. The molecule has 2 aliphatic heterocycles. The normalized spacial score (nSPS) is 19.8. The minimum atomic E-state index is -0.473. The van der Waals surface area contributed by atoms with Crippen LogP contribution in [0.25, 0.3) is 0 Å². The van der Waals surface area contributed by atoms with Gasteiger partial charge < -0.3 is 14.6 Å². The van der Waals surface area contributed by atoms with Gasteiger partial charge in [-0.05, 0) is 37.3 Å². The average molecular weight is 387 g/mol. The Morgan fingerprint density at radius 3 is 2.76 bits per heavy atom. The number of aromatic nitrogens is 1. The Labute approximate surface area is 169 Å². The molecule has 1 aromatic heterocycles. The zero-order valence-corrected chi connectivity index (χ0v) is 16.0. The van der Waals surface area contributed by atoms with Crippen LogP contribution in [0.4, 0.5) is 0 Å². The largest absolute Gasteiger partial charge is 0.507 e. The van der Waals surface area contributed by atoms with Gasteiger partial charge in [-0.15, -0.1) is 0 Å². The Bertz CT molecular complexity index is 1070. The van der Waals surface area contributed by atoms with Crippen LogP contribution < -0.4 is 9.47 Å². The molecule has 6 heteroatoms. The lowest BCUT2D eigenvalue weighted by molar-refractivity contribution is -0.0240. The minimum Gasteiger partial charge on any atom is -0.507 e. The van der Waals surface area contributed by atoms with Crippen LogP contribution in [0.1, 0.15) is 42.4 Å². The van der Waals surface area contributed by atoms with Gasteiger partial charge in [-0.1, -0.05) is 30.3 Å². The van der Waals surface area contributed by atoms with Crippen LogP contribution in [0, 0.1) is 0 Å². The molecule has 0 fully saturated rings. The first-order valence-corrected chi connectivity index (χ1v) is 9.73. The lowest BCUT2D eigenvalue weighted by atomic mass is 9.95. The van der Waals surface area contributed by atoms with Crippen LogP contribution in [0.5, 0.6) is 17.2 Å². The van der Waals surface area contributed by atoms with Gasteiger partial charge in [0.15, 0.2) is 11.5 Å². The summed E-state index contributed by atoms with van der Waals surface area (Å²) < 4.78 is 12.2. The number of hydrogen-bond donors (Lipinski definition) is 1. The molecule has 0 radical (unpaired) electrons. The van der Waals surface area contributed by atoms with Gasteiger partial charge in [0.1, 0.15) is 11.4 Å². The van der Waals surface area contributed by atoms with Crippen molar-refractivity contribution >= 4 is 5.71 Å². The third-order valence-corrected chi connectivity index (χ3v) is 5.24. The third-order valence-electron chi connectivity index (χ3n) is 5.24. The fraction of sp³-hybridized carbons (Fsp3) is 0.217. The first-order chi connectivity index (χ1) is 14.3. The molecule has 0 spiro atoms. The molecule has 3 aromatic rings. The van der Waals surface area contributed by atoms with Gasteiger partial charge in [0.25, 0.3) is 0 Å². The van der Waals surface area contributed by atoms with Gasteiger partial charge in [0, 0.05) is 23.7 Å². The fourth-order valence-electron chi connectivity index (χ4n) is 3.95. The lowest BCUT2D eigenvalue weighted by Gasteiger charge is -2.38. The average Bonchev–Trinajstić information content (AvgIpc) is 3.20. The van der Waals surface area contributed by atoms with Crippen molar-refractivity contribution in [1.29, 1.82) is 0 Å². The fourth-order valence-corrected chi connectivity index (χ4v) is 3.95. The maximum absolute atomic E-state index is 10.3. The number of phenols is 1. The predicted octanol–water partition coefficient (Wildman–Crippen LogP) is 4.43. The van der Waals surface area contributed by atoms with E-state index in [-0.39, 0.29) is 11.8 Å². The molecule has 0 aliphatic carbocycles. The van der Waals surface area contributed by atoms with Crippen LogP contribution in [-0.2, 0) is 0 Å². The predicted molar refractivity (Wildman–Crippen MR) is 109 cm³/mol. The molecule has 2 atom stereocenters. The molecule has 0 amide bonds. The number of nitrogens with zero attached hydrogens (tertiary/aromatic N) is 3. The first-order valence-electron chi connectivity index (χ1n) is 9.73. The van der Waals surface area contributed by atoms with E-state index in [0.29, 0.717) is 13.0 Å².